The number of hydrogen-bond donors (Lipinski definition) is 2. The summed E-state index contributed by atoms with van der Waals surface area (Å²) >= 11 is 0. The van der Waals surface area contributed by atoms with Crippen LogP contribution in [0.15, 0.2) is 71.3 Å². The maximum atomic E-state index is 12.4. The Labute approximate surface area is 132 Å². The van der Waals surface area contributed by atoms with Gasteiger partial charge in [-0.2, -0.15) is 0 Å². The van der Waals surface area contributed by atoms with Gasteiger partial charge in [-0.15, -0.1) is 0 Å². The van der Waals surface area contributed by atoms with E-state index in [1.165, 1.54) is 12.3 Å². The summed E-state index contributed by atoms with van der Waals surface area (Å²) in [5, 5.41) is 2.71. The lowest BCUT2D eigenvalue weighted by molar-refractivity contribution is 0.0988. The number of amides is 2. The second-order valence-corrected chi connectivity index (χ2v) is 4.93. The highest BCUT2D eigenvalue weighted by atomic mass is 16.3. The van der Waals surface area contributed by atoms with Gasteiger partial charge in [-0.1, -0.05) is 36.4 Å². The van der Waals surface area contributed by atoms with Gasteiger partial charge < -0.3 is 15.5 Å². The Morgan fingerprint density at radius 1 is 0.957 bits per heavy atom. The molecule has 0 aliphatic heterocycles. The zero-order chi connectivity index (χ0) is 16.2. The first-order chi connectivity index (χ1) is 11.1. The van der Waals surface area contributed by atoms with Crippen molar-refractivity contribution in [2.45, 2.75) is 0 Å². The number of anilines is 1. The molecule has 1 aromatic heterocycles. The van der Waals surface area contributed by atoms with Crippen LogP contribution < -0.4 is 11.1 Å². The molecule has 23 heavy (non-hydrogen) atoms. The van der Waals surface area contributed by atoms with Crippen LogP contribution in [0.3, 0.4) is 0 Å². The second-order valence-electron chi connectivity index (χ2n) is 4.93. The molecule has 0 bridgehead atoms. The maximum Gasteiger partial charge on any atom is 0.292 e. The molecule has 2 aromatic carbocycles. The van der Waals surface area contributed by atoms with Crippen molar-refractivity contribution in [3.63, 3.8) is 0 Å². The average Bonchev–Trinajstić information content (AvgIpc) is 3.05. The number of carbonyl (C=O) groups is 2. The zero-order valence-corrected chi connectivity index (χ0v) is 12.2. The Kier molecular flexibility index (Phi) is 3.93. The van der Waals surface area contributed by atoms with Gasteiger partial charge in [0.15, 0.2) is 5.76 Å². The fourth-order valence-corrected chi connectivity index (χ4v) is 2.27. The van der Waals surface area contributed by atoms with Crippen molar-refractivity contribution in [1.29, 1.82) is 0 Å². The van der Waals surface area contributed by atoms with Crippen LogP contribution in [0.25, 0.3) is 11.1 Å². The fourth-order valence-electron chi connectivity index (χ4n) is 2.27. The van der Waals surface area contributed by atoms with Crippen LogP contribution in [0, 0.1) is 0 Å². The summed E-state index contributed by atoms with van der Waals surface area (Å²) < 4.78 is 5.33. The molecule has 2 amide bonds. The molecule has 0 fully saturated rings. The van der Waals surface area contributed by atoms with Gasteiger partial charge in [0.05, 0.1) is 6.26 Å². The minimum Gasteiger partial charge on any atom is -0.459 e. The van der Waals surface area contributed by atoms with Gasteiger partial charge in [0.2, 0.25) is 5.91 Å². The summed E-state index contributed by atoms with van der Waals surface area (Å²) in [5.41, 5.74) is 7.63. The van der Waals surface area contributed by atoms with Crippen molar-refractivity contribution in [1.82, 2.24) is 0 Å². The van der Waals surface area contributed by atoms with E-state index in [1.54, 1.807) is 24.3 Å². The number of carbonyl (C=O) groups excluding carboxylic acids is 2. The number of rotatable bonds is 4. The van der Waals surface area contributed by atoms with E-state index in [2.05, 4.69) is 5.32 Å². The largest absolute Gasteiger partial charge is 0.459 e. The topological polar surface area (TPSA) is 85.3 Å². The van der Waals surface area contributed by atoms with Gasteiger partial charge >= 0.3 is 0 Å². The van der Waals surface area contributed by atoms with E-state index in [0.29, 0.717) is 16.8 Å². The number of nitrogens with one attached hydrogen (secondary N) is 1. The molecule has 0 spiro atoms. The van der Waals surface area contributed by atoms with Crippen molar-refractivity contribution in [3.05, 3.63) is 78.3 Å². The molecule has 0 aliphatic rings. The standard InChI is InChI=1S/C18H14N2O3/c19-17(21)13-7-4-8-14(11-13)20-18(22)16-15(9-10-23-16)12-5-2-1-3-6-12/h1-11H,(H2,19,21)(H,20,22). The fraction of sp³-hybridized carbons (Fsp3) is 0. The average molecular weight is 306 g/mol. The third-order valence-electron chi connectivity index (χ3n) is 3.36. The molecule has 5 nitrogen and oxygen atoms in total. The lowest BCUT2D eigenvalue weighted by Gasteiger charge is -2.06. The highest BCUT2D eigenvalue weighted by molar-refractivity contribution is 6.07. The van der Waals surface area contributed by atoms with E-state index in [9.17, 15) is 9.59 Å². The zero-order valence-electron chi connectivity index (χ0n) is 12.2. The predicted molar refractivity (Wildman–Crippen MR) is 87.1 cm³/mol. The second kappa shape index (κ2) is 6.19. The Morgan fingerprint density at radius 2 is 1.74 bits per heavy atom. The molecule has 0 saturated carbocycles. The third-order valence-corrected chi connectivity index (χ3v) is 3.36. The molecule has 1 heterocycles. The lowest BCUT2D eigenvalue weighted by Crippen LogP contribution is -2.14. The smallest absolute Gasteiger partial charge is 0.292 e. The van der Waals surface area contributed by atoms with Crippen molar-refractivity contribution in [3.8, 4) is 11.1 Å². The minimum atomic E-state index is -0.552. The van der Waals surface area contributed by atoms with Crippen molar-refractivity contribution < 1.29 is 14.0 Å². The summed E-state index contributed by atoms with van der Waals surface area (Å²) in [5.74, 6) is -0.736. The summed E-state index contributed by atoms with van der Waals surface area (Å²) in [6, 6.07) is 17.6. The van der Waals surface area contributed by atoms with E-state index in [1.807, 2.05) is 30.3 Å². The maximum absolute atomic E-state index is 12.4. The first kappa shape index (κ1) is 14.6. The van der Waals surface area contributed by atoms with Crippen LogP contribution in [0.2, 0.25) is 0 Å². The van der Waals surface area contributed by atoms with Gasteiger partial charge in [-0.25, -0.2) is 0 Å². The summed E-state index contributed by atoms with van der Waals surface area (Å²) in [7, 11) is 0. The molecule has 0 saturated heterocycles. The molecule has 0 aliphatic carbocycles. The molecular weight excluding hydrogens is 292 g/mol. The Balaban J connectivity index is 1.87. The summed E-state index contributed by atoms with van der Waals surface area (Å²) in [6.45, 7) is 0. The van der Waals surface area contributed by atoms with Crippen LogP contribution in [0.4, 0.5) is 5.69 Å². The number of benzene rings is 2. The number of furan rings is 1. The van der Waals surface area contributed by atoms with Gasteiger partial charge in [-0.3, -0.25) is 9.59 Å². The van der Waals surface area contributed by atoms with Crippen molar-refractivity contribution >= 4 is 17.5 Å². The molecule has 114 valence electrons. The van der Waals surface area contributed by atoms with Crippen LogP contribution >= 0.6 is 0 Å². The molecule has 0 atom stereocenters. The van der Waals surface area contributed by atoms with Gasteiger partial charge in [0, 0.05) is 16.8 Å². The van der Waals surface area contributed by atoms with E-state index >= 15 is 0 Å². The van der Waals surface area contributed by atoms with Crippen LogP contribution in [0.1, 0.15) is 20.9 Å². The van der Waals surface area contributed by atoms with Gasteiger partial charge in [0.25, 0.3) is 5.91 Å². The quantitative estimate of drug-likeness (QED) is 0.775. The summed E-state index contributed by atoms with van der Waals surface area (Å²) in [6.07, 6.45) is 1.47. The van der Waals surface area contributed by atoms with Gasteiger partial charge in [-0.05, 0) is 29.8 Å². The minimum absolute atomic E-state index is 0.209. The normalized spacial score (nSPS) is 10.3. The monoisotopic (exact) mass is 306 g/mol. The highest BCUT2D eigenvalue weighted by Gasteiger charge is 2.17. The Hall–Kier alpha value is -3.34. The molecule has 5 heteroatoms. The van der Waals surface area contributed by atoms with E-state index in [-0.39, 0.29) is 5.76 Å². The van der Waals surface area contributed by atoms with Crippen LogP contribution in [-0.2, 0) is 0 Å². The number of primary amides is 1. The molecule has 3 N–H and O–H groups in total. The van der Waals surface area contributed by atoms with Crippen LogP contribution in [-0.4, -0.2) is 11.8 Å². The SMILES string of the molecule is NC(=O)c1cccc(NC(=O)c2occc2-c2ccccc2)c1. The molecule has 3 rings (SSSR count). The molecule has 0 unspecified atom stereocenters. The third kappa shape index (κ3) is 3.13. The Morgan fingerprint density at radius 3 is 2.48 bits per heavy atom. The first-order valence-corrected chi connectivity index (χ1v) is 6.99. The molecule has 0 radical (unpaired) electrons. The first-order valence-electron chi connectivity index (χ1n) is 6.99. The van der Waals surface area contributed by atoms with Gasteiger partial charge in [0.1, 0.15) is 0 Å². The van der Waals surface area contributed by atoms with E-state index in [0.717, 1.165) is 5.56 Å². The van der Waals surface area contributed by atoms with Crippen molar-refractivity contribution in [2.24, 2.45) is 5.73 Å². The van der Waals surface area contributed by atoms with Crippen LogP contribution in [0.5, 0.6) is 0 Å². The lowest BCUT2D eigenvalue weighted by atomic mass is 10.1. The predicted octanol–water partition coefficient (Wildman–Crippen LogP) is 3.30. The highest BCUT2D eigenvalue weighted by Crippen LogP contribution is 2.25. The van der Waals surface area contributed by atoms with E-state index in [4.69, 9.17) is 10.2 Å². The number of nitrogens with two attached hydrogens (primary N) is 1. The van der Waals surface area contributed by atoms with Crippen molar-refractivity contribution in [2.75, 3.05) is 5.32 Å². The molecular formula is C18H14N2O3. The van der Waals surface area contributed by atoms with E-state index < -0.39 is 11.8 Å². The summed E-state index contributed by atoms with van der Waals surface area (Å²) in [4.78, 5) is 23.6. The Bertz CT molecular complexity index is 853. The molecule has 3 aromatic rings. The number of hydrogen-bond acceptors (Lipinski definition) is 3.